The van der Waals surface area contributed by atoms with Gasteiger partial charge in [0, 0.05) is 24.0 Å². The van der Waals surface area contributed by atoms with E-state index in [1.807, 2.05) is 11.3 Å². The second kappa shape index (κ2) is 8.16. The molecular formula is C17H30N2S. The van der Waals surface area contributed by atoms with E-state index in [1.165, 1.54) is 50.1 Å². The molecule has 0 aliphatic heterocycles. The number of likely N-dealkylation sites (N-methyl/N-ethyl adjacent to an activating group) is 1. The van der Waals surface area contributed by atoms with Gasteiger partial charge in [0.1, 0.15) is 0 Å². The van der Waals surface area contributed by atoms with Crippen LogP contribution >= 0.6 is 11.3 Å². The van der Waals surface area contributed by atoms with Crippen molar-refractivity contribution in [2.45, 2.75) is 45.1 Å². The van der Waals surface area contributed by atoms with Gasteiger partial charge in [-0.15, -0.1) is 11.3 Å². The first kappa shape index (κ1) is 16.0. The molecule has 0 aromatic carbocycles. The first-order chi connectivity index (χ1) is 9.72. The third kappa shape index (κ3) is 4.57. The molecule has 0 radical (unpaired) electrons. The quantitative estimate of drug-likeness (QED) is 0.826. The maximum absolute atomic E-state index is 3.55. The smallest absolute Gasteiger partial charge is 0.0105 e. The van der Waals surface area contributed by atoms with E-state index < -0.39 is 0 Å². The summed E-state index contributed by atoms with van der Waals surface area (Å²) in [4.78, 5) is 4.05. The van der Waals surface area contributed by atoms with Gasteiger partial charge in [0.2, 0.25) is 0 Å². The fraction of sp³-hybridized carbons (Fsp3) is 0.765. The van der Waals surface area contributed by atoms with Crippen LogP contribution in [0.15, 0.2) is 17.5 Å². The third-order valence-electron chi connectivity index (χ3n) is 4.91. The van der Waals surface area contributed by atoms with Crippen molar-refractivity contribution in [3.8, 4) is 0 Å². The lowest BCUT2D eigenvalue weighted by Crippen LogP contribution is -2.44. The Balaban J connectivity index is 1.79. The highest BCUT2D eigenvalue weighted by Gasteiger charge is 2.29. The molecule has 3 unspecified atom stereocenters. The minimum Gasteiger partial charge on any atom is -0.317 e. The summed E-state index contributed by atoms with van der Waals surface area (Å²) in [5, 5.41) is 5.73. The van der Waals surface area contributed by atoms with Crippen LogP contribution in [0, 0.1) is 11.8 Å². The molecule has 1 aliphatic rings. The molecule has 114 valence electrons. The topological polar surface area (TPSA) is 15.3 Å². The molecular weight excluding hydrogens is 264 g/mol. The van der Waals surface area contributed by atoms with Crippen LogP contribution in [0.1, 0.15) is 37.5 Å². The van der Waals surface area contributed by atoms with E-state index in [4.69, 9.17) is 0 Å². The second-order valence-electron chi connectivity index (χ2n) is 6.33. The lowest BCUT2D eigenvalue weighted by atomic mass is 9.76. The molecule has 3 heteroatoms. The van der Waals surface area contributed by atoms with Crippen LogP contribution in [0.25, 0.3) is 0 Å². The Morgan fingerprint density at radius 1 is 1.40 bits per heavy atom. The van der Waals surface area contributed by atoms with Crippen LogP contribution in [-0.2, 0) is 6.42 Å². The van der Waals surface area contributed by atoms with Gasteiger partial charge in [0.15, 0.2) is 0 Å². The average molecular weight is 295 g/mol. The summed E-state index contributed by atoms with van der Waals surface area (Å²) in [5.41, 5.74) is 0. The zero-order valence-electron chi connectivity index (χ0n) is 13.3. The molecule has 1 N–H and O–H groups in total. The molecule has 1 aromatic heterocycles. The highest BCUT2D eigenvalue weighted by molar-refractivity contribution is 7.09. The summed E-state index contributed by atoms with van der Waals surface area (Å²) >= 11 is 1.88. The van der Waals surface area contributed by atoms with Gasteiger partial charge in [-0.05, 0) is 63.1 Å². The van der Waals surface area contributed by atoms with Crippen molar-refractivity contribution in [2.75, 3.05) is 27.2 Å². The van der Waals surface area contributed by atoms with Gasteiger partial charge in [-0.2, -0.15) is 0 Å². The fourth-order valence-electron chi connectivity index (χ4n) is 3.56. The van der Waals surface area contributed by atoms with Gasteiger partial charge in [-0.1, -0.05) is 19.4 Å². The van der Waals surface area contributed by atoms with Gasteiger partial charge in [0.25, 0.3) is 0 Å². The summed E-state index contributed by atoms with van der Waals surface area (Å²) in [6.07, 6.45) is 6.73. The maximum Gasteiger partial charge on any atom is 0.0105 e. The maximum atomic E-state index is 3.55. The van der Waals surface area contributed by atoms with Gasteiger partial charge in [-0.3, -0.25) is 0 Å². The van der Waals surface area contributed by atoms with E-state index in [0.717, 1.165) is 17.9 Å². The van der Waals surface area contributed by atoms with Gasteiger partial charge < -0.3 is 10.2 Å². The predicted octanol–water partition coefficient (Wildman–Crippen LogP) is 3.64. The van der Waals surface area contributed by atoms with Crippen LogP contribution in [0.5, 0.6) is 0 Å². The lowest BCUT2D eigenvalue weighted by Gasteiger charge is -2.38. The molecule has 0 spiro atoms. The highest BCUT2D eigenvalue weighted by Crippen LogP contribution is 2.31. The molecule has 1 fully saturated rings. The van der Waals surface area contributed by atoms with Crippen molar-refractivity contribution in [2.24, 2.45) is 11.8 Å². The third-order valence-corrected chi connectivity index (χ3v) is 5.84. The monoisotopic (exact) mass is 294 g/mol. The van der Waals surface area contributed by atoms with Gasteiger partial charge >= 0.3 is 0 Å². The second-order valence-corrected chi connectivity index (χ2v) is 7.37. The molecule has 0 bridgehead atoms. The zero-order valence-corrected chi connectivity index (χ0v) is 14.1. The van der Waals surface area contributed by atoms with E-state index in [2.05, 4.69) is 48.7 Å². The minimum atomic E-state index is 0.724. The predicted molar refractivity (Wildman–Crippen MR) is 89.5 cm³/mol. The zero-order chi connectivity index (χ0) is 14.4. The number of hydrogen-bond donors (Lipinski definition) is 1. The Morgan fingerprint density at radius 3 is 2.90 bits per heavy atom. The molecule has 2 nitrogen and oxygen atoms in total. The van der Waals surface area contributed by atoms with Crippen molar-refractivity contribution >= 4 is 11.3 Å². The first-order valence-corrected chi connectivity index (χ1v) is 8.99. The van der Waals surface area contributed by atoms with Crippen LogP contribution in [0.3, 0.4) is 0 Å². The summed E-state index contributed by atoms with van der Waals surface area (Å²) in [6, 6.07) is 5.13. The van der Waals surface area contributed by atoms with Crippen molar-refractivity contribution in [3.05, 3.63) is 22.4 Å². The number of nitrogens with zero attached hydrogens (tertiary/aromatic N) is 1. The van der Waals surface area contributed by atoms with Crippen LogP contribution in [-0.4, -0.2) is 38.1 Å². The van der Waals surface area contributed by atoms with E-state index in [0.29, 0.717) is 0 Å². The Bertz CT molecular complexity index is 363. The highest BCUT2D eigenvalue weighted by atomic mass is 32.1. The lowest BCUT2D eigenvalue weighted by molar-refractivity contribution is 0.157. The molecule has 1 heterocycles. The van der Waals surface area contributed by atoms with Crippen molar-refractivity contribution < 1.29 is 0 Å². The number of hydrogen-bond acceptors (Lipinski definition) is 3. The molecule has 1 aromatic rings. The number of rotatable bonds is 7. The SMILES string of the molecule is CCC1CCC(NC)C(CN(C)CCc2cccs2)C1. The summed E-state index contributed by atoms with van der Waals surface area (Å²) < 4.78 is 0. The average Bonchev–Trinajstić information content (AvgIpc) is 2.98. The molecule has 0 saturated heterocycles. The molecule has 1 aliphatic carbocycles. The van der Waals surface area contributed by atoms with Gasteiger partial charge in [0.05, 0.1) is 0 Å². The molecule has 1 saturated carbocycles. The van der Waals surface area contributed by atoms with E-state index in [9.17, 15) is 0 Å². The normalized spacial score (nSPS) is 27.1. The summed E-state index contributed by atoms with van der Waals surface area (Å²) in [7, 11) is 4.42. The van der Waals surface area contributed by atoms with Crippen LogP contribution in [0.2, 0.25) is 0 Å². The molecule has 20 heavy (non-hydrogen) atoms. The van der Waals surface area contributed by atoms with Crippen molar-refractivity contribution in [3.63, 3.8) is 0 Å². The Morgan fingerprint density at radius 2 is 2.25 bits per heavy atom. The number of thiophene rings is 1. The van der Waals surface area contributed by atoms with Crippen LogP contribution in [0.4, 0.5) is 0 Å². The Hall–Kier alpha value is -0.380. The first-order valence-electron chi connectivity index (χ1n) is 8.11. The van der Waals surface area contributed by atoms with E-state index in [-0.39, 0.29) is 0 Å². The summed E-state index contributed by atoms with van der Waals surface area (Å²) in [6.45, 7) is 4.78. The molecule has 2 rings (SSSR count). The minimum absolute atomic E-state index is 0.724. The van der Waals surface area contributed by atoms with E-state index in [1.54, 1.807) is 0 Å². The molecule has 0 amide bonds. The van der Waals surface area contributed by atoms with Gasteiger partial charge in [-0.25, -0.2) is 0 Å². The standard InChI is InChI=1S/C17H30N2S/c1-4-14-7-8-17(18-2)15(12-14)13-19(3)10-9-16-6-5-11-20-16/h5-6,11,14-15,17-18H,4,7-10,12-13H2,1-3H3. The Labute approximate surface area is 128 Å². The molecule has 3 atom stereocenters. The summed E-state index contributed by atoms with van der Waals surface area (Å²) in [5.74, 6) is 1.78. The van der Waals surface area contributed by atoms with Crippen LogP contribution < -0.4 is 5.32 Å². The van der Waals surface area contributed by atoms with Crippen molar-refractivity contribution in [1.29, 1.82) is 0 Å². The van der Waals surface area contributed by atoms with Crippen molar-refractivity contribution in [1.82, 2.24) is 10.2 Å². The number of nitrogens with one attached hydrogen (secondary N) is 1. The van der Waals surface area contributed by atoms with E-state index >= 15 is 0 Å². The largest absolute Gasteiger partial charge is 0.317 e. The Kier molecular flexibility index (Phi) is 6.53. The fourth-order valence-corrected chi connectivity index (χ4v) is 4.26.